The lowest BCUT2D eigenvalue weighted by Crippen LogP contribution is -2.39. The fourth-order valence-electron chi connectivity index (χ4n) is 2.55. The van der Waals surface area contributed by atoms with Crippen molar-refractivity contribution < 1.29 is 0 Å². The third kappa shape index (κ3) is 3.03. The molecule has 2 atom stereocenters. The molecule has 0 aromatic carbocycles. The lowest BCUT2D eigenvalue weighted by atomic mass is 10.1. The van der Waals surface area contributed by atoms with E-state index in [1.807, 2.05) is 6.20 Å². The Bertz CT molecular complexity index is 576. The number of aromatic nitrogens is 1. The molecular formula is C16H23N3S. The van der Waals surface area contributed by atoms with Crippen molar-refractivity contribution in [2.45, 2.75) is 44.8 Å². The number of rotatable bonds is 6. The van der Waals surface area contributed by atoms with Crippen LogP contribution in [0.2, 0.25) is 0 Å². The van der Waals surface area contributed by atoms with E-state index in [0.717, 1.165) is 18.1 Å². The van der Waals surface area contributed by atoms with E-state index in [9.17, 15) is 0 Å². The average molecular weight is 289 g/mol. The first-order valence-electron chi connectivity index (χ1n) is 7.43. The number of hydrogen-bond acceptors (Lipinski definition) is 4. The molecule has 2 heterocycles. The SMILES string of the molecule is CC(NCC(C)N(C)C1CC1)c1cnc2ccsc2c1. The molecule has 4 heteroatoms. The Kier molecular flexibility index (Phi) is 4.06. The van der Waals surface area contributed by atoms with Gasteiger partial charge in [-0.15, -0.1) is 11.3 Å². The fraction of sp³-hybridized carbons (Fsp3) is 0.562. The molecule has 2 unspecified atom stereocenters. The third-order valence-electron chi connectivity index (χ3n) is 4.36. The average Bonchev–Trinajstić information content (AvgIpc) is 3.20. The van der Waals surface area contributed by atoms with Crippen molar-refractivity contribution in [2.75, 3.05) is 13.6 Å². The first kappa shape index (κ1) is 14.0. The van der Waals surface area contributed by atoms with Crippen molar-refractivity contribution in [1.82, 2.24) is 15.2 Å². The van der Waals surface area contributed by atoms with Crippen molar-refractivity contribution in [3.63, 3.8) is 0 Å². The van der Waals surface area contributed by atoms with E-state index in [2.05, 4.69) is 53.6 Å². The first-order chi connectivity index (χ1) is 9.65. The highest BCUT2D eigenvalue weighted by molar-refractivity contribution is 7.17. The zero-order valence-electron chi connectivity index (χ0n) is 12.5. The van der Waals surface area contributed by atoms with Gasteiger partial charge in [-0.25, -0.2) is 0 Å². The van der Waals surface area contributed by atoms with Gasteiger partial charge in [-0.2, -0.15) is 0 Å². The predicted octanol–water partition coefficient (Wildman–Crippen LogP) is 3.43. The maximum Gasteiger partial charge on any atom is 0.0809 e. The Labute approximate surface area is 125 Å². The molecule has 1 N–H and O–H groups in total. The summed E-state index contributed by atoms with van der Waals surface area (Å²) in [7, 11) is 2.24. The van der Waals surface area contributed by atoms with Crippen LogP contribution in [0.5, 0.6) is 0 Å². The zero-order valence-corrected chi connectivity index (χ0v) is 13.3. The van der Waals surface area contributed by atoms with Crippen LogP contribution in [0.3, 0.4) is 0 Å². The quantitative estimate of drug-likeness (QED) is 0.883. The summed E-state index contributed by atoms with van der Waals surface area (Å²) in [5, 5.41) is 5.75. The molecule has 1 aliphatic carbocycles. The van der Waals surface area contributed by atoms with Gasteiger partial charge in [0, 0.05) is 30.9 Å². The smallest absolute Gasteiger partial charge is 0.0809 e. The minimum absolute atomic E-state index is 0.351. The Morgan fingerprint density at radius 3 is 3.00 bits per heavy atom. The lowest BCUT2D eigenvalue weighted by Gasteiger charge is -2.26. The van der Waals surface area contributed by atoms with Crippen LogP contribution in [0, 0.1) is 0 Å². The molecule has 1 saturated carbocycles. The lowest BCUT2D eigenvalue weighted by molar-refractivity contribution is 0.237. The van der Waals surface area contributed by atoms with E-state index in [1.165, 1.54) is 23.1 Å². The largest absolute Gasteiger partial charge is 0.309 e. The number of nitrogens with zero attached hydrogens (tertiary/aromatic N) is 2. The first-order valence-corrected chi connectivity index (χ1v) is 8.31. The summed E-state index contributed by atoms with van der Waals surface area (Å²) >= 11 is 1.76. The Hall–Kier alpha value is -0.970. The number of hydrogen-bond donors (Lipinski definition) is 1. The van der Waals surface area contributed by atoms with Crippen LogP contribution >= 0.6 is 11.3 Å². The highest BCUT2D eigenvalue weighted by Gasteiger charge is 2.29. The van der Waals surface area contributed by atoms with E-state index in [-0.39, 0.29) is 0 Å². The Morgan fingerprint density at radius 1 is 1.45 bits per heavy atom. The van der Waals surface area contributed by atoms with E-state index >= 15 is 0 Å². The van der Waals surface area contributed by atoms with Crippen molar-refractivity contribution in [1.29, 1.82) is 0 Å². The van der Waals surface area contributed by atoms with Crippen LogP contribution < -0.4 is 5.32 Å². The van der Waals surface area contributed by atoms with Gasteiger partial charge in [-0.05, 0) is 56.8 Å². The molecule has 1 fully saturated rings. The molecule has 0 bridgehead atoms. The van der Waals surface area contributed by atoms with Gasteiger partial charge in [0.2, 0.25) is 0 Å². The Morgan fingerprint density at radius 2 is 2.25 bits per heavy atom. The second-order valence-corrected chi connectivity index (χ2v) is 6.90. The minimum Gasteiger partial charge on any atom is -0.309 e. The van der Waals surface area contributed by atoms with Gasteiger partial charge in [0.1, 0.15) is 0 Å². The third-order valence-corrected chi connectivity index (χ3v) is 5.21. The second-order valence-electron chi connectivity index (χ2n) is 5.95. The monoisotopic (exact) mass is 289 g/mol. The van der Waals surface area contributed by atoms with Crippen molar-refractivity contribution in [2.24, 2.45) is 0 Å². The minimum atomic E-state index is 0.351. The molecule has 3 nitrogen and oxygen atoms in total. The molecule has 0 aliphatic heterocycles. The summed E-state index contributed by atoms with van der Waals surface area (Å²) in [5.41, 5.74) is 2.38. The number of pyridine rings is 1. The van der Waals surface area contributed by atoms with Crippen LogP contribution in [0.25, 0.3) is 10.2 Å². The zero-order chi connectivity index (χ0) is 14.1. The molecule has 20 heavy (non-hydrogen) atoms. The van der Waals surface area contributed by atoms with Gasteiger partial charge >= 0.3 is 0 Å². The summed E-state index contributed by atoms with van der Waals surface area (Å²) in [5.74, 6) is 0. The van der Waals surface area contributed by atoms with Crippen molar-refractivity contribution >= 4 is 21.6 Å². The van der Waals surface area contributed by atoms with Crippen LogP contribution in [-0.2, 0) is 0 Å². The van der Waals surface area contributed by atoms with Crippen LogP contribution in [-0.4, -0.2) is 35.6 Å². The molecule has 108 valence electrons. The predicted molar refractivity (Wildman–Crippen MR) is 86.3 cm³/mol. The summed E-state index contributed by atoms with van der Waals surface area (Å²) in [6.45, 7) is 5.55. The number of thiophene rings is 1. The summed E-state index contributed by atoms with van der Waals surface area (Å²) in [6.07, 6.45) is 4.74. The Balaban J connectivity index is 1.58. The summed E-state index contributed by atoms with van der Waals surface area (Å²) in [4.78, 5) is 7.02. The maximum atomic E-state index is 4.52. The van der Waals surface area contributed by atoms with Gasteiger partial charge in [0.15, 0.2) is 0 Å². The van der Waals surface area contributed by atoms with Gasteiger partial charge in [-0.1, -0.05) is 0 Å². The van der Waals surface area contributed by atoms with E-state index < -0.39 is 0 Å². The molecule has 0 amide bonds. The fourth-order valence-corrected chi connectivity index (χ4v) is 3.34. The molecule has 2 aromatic rings. The molecule has 1 aliphatic rings. The van der Waals surface area contributed by atoms with Gasteiger partial charge in [-0.3, -0.25) is 9.88 Å². The molecule has 0 saturated heterocycles. The van der Waals surface area contributed by atoms with E-state index in [1.54, 1.807) is 11.3 Å². The van der Waals surface area contributed by atoms with E-state index in [0.29, 0.717) is 12.1 Å². The van der Waals surface area contributed by atoms with Crippen LogP contribution in [0.15, 0.2) is 23.7 Å². The maximum absolute atomic E-state index is 4.52. The van der Waals surface area contributed by atoms with Crippen LogP contribution in [0.4, 0.5) is 0 Å². The highest BCUT2D eigenvalue weighted by Crippen LogP contribution is 2.27. The summed E-state index contributed by atoms with van der Waals surface area (Å²) in [6, 6.07) is 6.10. The number of nitrogens with one attached hydrogen (secondary N) is 1. The number of likely N-dealkylation sites (N-methyl/N-ethyl adjacent to an activating group) is 1. The standard InChI is InChI=1S/C16H23N3S/c1-11(19(3)14-4-5-14)9-17-12(2)13-8-16-15(18-10-13)6-7-20-16/h6-8,10-12,14,17H,4-5,9H2,1-3H3. The van der Waals surface area contributed by atoms with E-state index in [4.69, 9.17) is 0 Å². The molecule has 2 aromatic heterocycles. The van der Waals surface area contributed by atoms with Crippen molar-refractivity contribution in [3.05, 3.63) is 29.3 Å². The molecule has 0 spiro atoms. The van der Waals surface area contributed by atoms with Gasteiger partial charge < -0.3 is 5.32 Å². The van der Waals surface area contributed by atoms with Gasteiger partial charge in [0.25, 0.3) is 0 Å². The number of fused-ring (bicyclic) bond motifs is 1. The van der Waals surface area contributed by atoms with Crippen LogP contribution in [0.1, 0.15) is 38.3 Å². The molecule has 3 rings (SSSR count). The normalized spacial score (nSPS) is 18.6. The molecular weight excluding hydrogens is 266 g/mol. The van der Waals surface area contributed by atoms with Gasteiger partial charge in [0.05, 0.1) is 10.2 Å². The summed E-state index contributed by atoms with van der Waals surface area (Å²) < 4.78 is 1.28. The van der Waals surface area contributed by atoms with Crippen molar-refractivity contribution in [3.8, 4) is 0 Å². The highest BCUT2D eigenvalue weighted by atomic mass is 32.1. The topological polar surface area (TPSA) is 28.2 Å². The molecule has 0 radical (unpaired) electrons. The second kappa shape index (κ2) is 5.80.